The van der Waals surface area contributed by atoms with E-state index in [2.05, 4.69) is 9.97 Å². The number of aromatic nitrogens is 2. The average Bonchev–Trinajstić information content (AvgIpc) is 2.53. The number of carbonyl (C=O) groups excluding carboxylic acids is 2. The van der Waals surface area contributed by atoms with Crippen molar-refractivity contribution in [2.24, 2.45) is 0 Å². The van der Waals surface area contributed by atoms with Crippen LogP contribution < -0.4 is 0 Å². The number of rotatable bonds is 5. The van der Waals surface area contributed by atoms with Crippen LogP contribution in [0.15, 0.2) is 36.7 Å². The highest BCUT2D eigenvalue weighted by molar-refractivity contribution is 5.97. The summed E-state index contributed by atoms with van der Waals surface area (Å²) >= 11 is 0. The van der Waals surface area contributed by atoms with Crippen LogP contribution in [-0.4, -0.2) is 21.5 Å². The van der Waals surface area contributed by atoms with E-state index in [1.165, 1.54) is 0 Å². The molecule has 0 bridgehead atoms. The highest BCUT2D eigenvalue weighted by Gasteiger charge is 2.09. The van der Waals surface area contributed by atoms with Gasteiger partial charge >= 0.3 is 0 Å². The molecular formula is C16H16N2O2. The Balaban J connectivity index is 2.41. The molecular weight excluding hydrogens is 252 g/mol. The predicted octanol–water partition coefficient (Wildman–Crippen LogP) is 3.33. The molecule has 2 aromatic heterocycles. The lowest BCUT2D eigenvalue weighted by molar-refractivity contribution is 0.0980. The van der Waals surface area contributed by atoms with Crippen LogP contribution in [0.4, 0.5) is 0 Å². The summed E-state index contributed by atoms with van der Waals surface area (Å²) in [5.74, 6) is 0.129. The zero-order chi connectivity index (χ0) is 14.5. The van der Waals surface area contributed by atoms with Gasteiger partial charge in [-0.1, -0.05) is 13.8 Å². The Hall–Kier alpha value is -2.36. The van der Waals surface area contributed by atoms with Gasteiger partial charge in [0.05, 0.1) is 11.4 Å². The van der Waals surface area contributed by atoms with Crippen molar-refractivity contribution in [2.45, 2.75) is 26.7 Å². The van der Waals surface area contributed by atoms with E-state index in [4.69, 9.17) is 0 Å². The lowest BCUT2D eigenvalue weighted by atomic mass is 10.1. The van der Waals surface area contributed by atoms with Crippen LogP contribution in [0.3, 0.4) is 0 Å². The molecule has 0 aromatic carbocycles. The topological polar surface area (TPSA) is 59.9 Å². The van der Waals surface area contributed by atoms with Gasteiger partial charge in [-0.3, -0.25) is 19.6 Å². The second kappa shape index (κ2) is 6.19. The van der Waals surface area contributed by atoms with Crippen molar-refractivity contribution in [3.05, 3.63) is 47.8 Å². The number of pyridine rings is 2. The summed E-state index contributed by atoms with van der Waals surface area (Å²) in [6, 6.07) is 6.81. The number of carbonyl (C=O) groups is 2. The Morgan fingerprint density at radius 1 is 0.850 bits per heavy atom. The second-order valence-electron chi connectivity index (χ2n) is 4.41. The van der Waals surface area contributed by atoms with Gasteiger partial charge in [0.1, 0.15) is 0 Å². The standard InChI is InChI=1S/C16H16N2O2/c1-3-15(19)11-5-7-17-13(9-11)14-10-12(6-8-18-14)16(20)4-2/h5-10H,3-4H2,1-2H3. The van der Waals surface area contributed by atoms with Gasteiger partial charge in [0.15, 0.2) is 11.6 Å². The van der Waals surface area contributed by atoms with Gasteiger partial charge in [0, 0.05) is 36.4 Å². The first-order valence-corrected chi connectivity index (χ1v) is 6.64. The summed E-state index contributed by atoms with van der Waals surface area (Å²) in [5.41, 5.74) is 2.45. The zero-order valence-corrected chi connectivity index (χ0v) is 11.6. The van der Waals surface area contributed by atoms with E-state index < -0.39 is 0 Å². The summed E-state index contributed by atoms with van der Waals surface area (Å²) in [5, 5.41) is 0. The maximum absolute atomic E-state index is 11.7. The summed E-state index contributed by atoms with van der Waals surface area (Å²) < 4.78 is 0. The van der Waals surface area contributed by atoms with E-state index in [9.17, 15) is 9.59 Å². The van der Waals surface area contributed by atoms with E-state index in [-0.39, 0.29) is 11.6 Å². The summed E-state index contributed by atoms with van der Waals surface area (Å²) in [4.78, 5) is 31.9. The minimum atomic E-state index is 0.0643. The highest BCUT2D eigenvalue weighted by Crippen LogP contribution is 2.18. The third kappa shape index (κ3) is 2.96. The monoisotopic (exact) mass is 268 g/mol. The van der Waals surface area contributed by atoms with Crippen molar-refractivity contribution < 1.29 is 9.59 Å². The number of ketones is 2. The van der Waals surface area contributed by atoms with E-state index in [1.807, 2.05) is 13.8 Å². The summed E-state index contributed by atoms with van der Waals surface area (Å²) in [6.45, 7) is 3.64. The molecule has 102 valence electrons. The fourth-order valence-electron chi connectivity index (χ4n) is 1.90. The van der Waals surface area contributed by atoms with E-state index in [0.29, 0.717) is 35.4 Å². The molecule has 2 aromatic rings. The van der Waals surface area contributed by atoms with Crippen LogP contribution in [0.1, 0.15) is 47.4 Å². The molecule has 2 heterocycles. The van der Waals surface area contributed by atoms with Crippen molar-refractivity contribution in [2.75, 3.05) is 0 Å². The zero-order valence-electron chi connectivity index (χ0n) is 11.6. The highest BCUT2D eigenvalue weighted by atomic mass is 16.1. The Kier molecular flexibility index (Phi) is 4.35. The van der Waals surface area contributed by atoms with Crippen molar-refractivity contribution in [3.63, 3.8) is 0 Å². The fourth-order valence-corrected chi connectivity index (χ4v) is 1.90. The molecule has 0 aliphatic carbocycles. The van der Waals surface area contributed by atoms with Crippen LogP contribution >= 0.6 is 0 Å². The molecule has 0 unspecified atom stereocenters. The third-order valence-corrected chi connectivity index (χ3v) is 3.07. The van der Waals surface area contributed by atoms with Crippen LogP contribution in [-0.2, 0) is 0 Å². The van der Waals surface area contributed by atoms with Gasteiger partial charge in [-0.05, 0) is 24.3 Å². The summed E-state index contributed by atoms with van der Waals surface area (Å²) in [7, 11) is 0. The Morgan fingerprint density at radius 2 is 1.25 bits per heavy atom. The smallest absolute Gasteiger partial charge is 0.162 e. The van der Waals surface area contributed by atoms with Gasteiger partial charge in [-0.2, -0.15) is 0 Å². The first-order chi connectivity index (χ1) is 9.65. The van der Waals surface area contributed by atoms with Crippen LogP contribution in [0, 0.1) is 0 Å². The van der Waals surface area contributed by atoms with Gasteiger partial charge < -0.3 is 0 Å². The molecule has 0 saturated heterocycles. The van der Waals surface area contributed by atoms with Gasteiger partial charge in [0.2, 0.25) is 0 Å². The molecule has 0 saturated carbocycles. The first kappa shape index (κ1) is 14.1. The fraction of sp³-hybridized carbons (Fsp3) is 0.250. The molecule has 20 heavy (non-hydrogen) atoms. The third-order valence-electron chi connectivity index (χ3n) is 3.07. The van der Waals surface area contributed by atoms with Gasteiger partial charge in [-0.15, -0.1) is 0 Å². The Labute approximate surface area is 117 Å². The van der Waals surface area contributed by atoms with Crippen LogP contribution in [0.2, 0.25) is 0 Å². The molecule has 0 aliphatic rings. The van der Waals surface area contributed by atoms with Crippen molar-refractivity contribution in [3.8, 4) is 11.4 Å². The molecule has 0 fully saturated rings. The van der Waals surface area contributed by atoms with Crippen molar-refractivity contribution in [1.29, 1.82) is 0 Å². The molecule has 0 amide bonds. The maximum Gasteiger partial charge on any atom is 0.162 e. The number of nitrogens with zero attached hydrogens (tertiary/aromatic N) is 2. The minimum Gasteiger partial charge on any atom is -0.294 e. The SMILES string of the molecule is CCC(=O)c1ccnc(-c2cc(C(=O)CC)ccn2)c1. The average molecular weight is 268 g/mol. The lowest BCUT2D eigenvalue weighted by Crippen LogP contribution is -2.00. The molecule has 0 aliphatic heterocycles. The Bertz CT molecular complexity index is 593. The molecule has 0 spiro atoms. The van der Waals surface area contributed by atoms with E-state index >= 15 is 0 Å². The Morgan fingerprint density at radius 3 is 1.60 bits per heavy atom. The van der Waals surface area contributed by atoms with E-state index in [1.54, 1.807) is 36.7 Å². The first-order valence-electron chi connectivity index (χ1n) is 6.64. The minimum absolute atomic E-state index is 0.0643. The quantitative estimate of drug-likeness (QED) is 0.780. The molecule has 2 rings (SSSR count). The normalized spacial score (nSPS) is 10.3. The van der Waals surface area contributed by atoms with Gasteiger partial charge in [0.25, 0.3) is 0 Å². The van der Waals surface area contributed by atoms with E-state index in [0.717, 1.165) is 0 Å². The maximum atomic E-state index is 11.7. The van der Waals surface area contributed by atoms with Crippen molar-refractivity contribution in [1.82, 2.24) is 9.97 Å². The predicted molar refractivity (Wildman–Crippen MR) is 76.7 cm³/mol. The molecule has 4 heteroatoms. The second-order valence-corrected chi connectivity index (χ2v) is 4.41. The number of hydrogen-bond donors (Lipinski definition) is 0. The van der Waals surface area contributed by atoms with Crippen LogP contribution in [0.5, 0.6) is 0 Å². The molecule has 0 atom stereocenters. The number of hydrogen-bond acceptors (Lipinski definition) is 4. The molecule has 0 radical (unpaired) electrons. The molecule has 4 nitrogen and oxygen atoms in total. The largest absolute Gasteiger partial charge is 0.294 e. The number of Topliss-reactive ketones (excluding diaryl/α,β-unsaturated/α-hetero) is 2. The van der Waals surface area contributed by atoms with Gasteiger partial charge in [-0.25, -0.2) is 0 Å². The van der Waals surface area contributed by atoms with Crippen LogP contribution in [0.25, 0.3) is 11.4 Å². The molecule has 0 N–H and O–H groups in total. The van der Waals surface area contributed by atoms with Crippen molar-refractivity contribution >= 4 is 11.6 Å². The summed E-state index contributed by atoms with van der Waals surface area (Å²) in [6.07, 6.45) is 4.08. The lowest BCUT2D eigenvalue weighted by Gasteiger charge is -2.04.